The highest BCUT2D eigenvalue weighted by Crippen LogP contribution is 2.41. The van der Waals surface area contributed by atoms with Crippen molar-refractivity contribution in [2.45, 2.75) is 46.1 Å². The smallest absolute Gasteiger partial charge is 0.0180 e. The quantitative estimate of drug-likeness (QED) is 0.762. The van der Waals surface area contributed by atoms with Gasteiger partial charge in [-0.05, 0) is 36.8 Å². The Morgan fingerprint density at radius 1 is 1.29 bits per heavy atom. The maximum Gasteiger partial charge on any atom is 0.0180 e. The normalized spacial score (nSPS) is 14.6. The molecular formula is C13H21N. The second-order valence-corrected chi connectivity index (χ2v) is 3.68. The van der Waals surface area contributed by atoms with Crippen molar-refractivity contribution in [3.8, 4) is 0 Å². The summed E-state index contributed by atoms with van der Waals surface area (Å²) in [6.45, 7) is 6.83. The molecule has 1 fully saturated rings. The van der Waals surface area contributed by atoms with Crippen LogP contribution in [-0.4, -0.2) is 0 Å². The molecule has 0 unspecified atom stereocenters. The van der Waals surface area contributed by atoms with Gasteiger partial charge < -0.3 is 5.73 Å². The van der Waals surface area contributed by atoms with Gasteiger partial charge in [0.15, 0.2) is 0 Å². The molecule has 1 aromatic rings. The van der Waals surface area contributed by atoms with Crippen LogP contribution in [0.3, 0.4) is 0 Å². The number of rotatable bonds is 2. The molecule has 2 rings (SSSR count). The van der Waals surface area contributed by atoms with Gasteiger partial charge in [0.25, 0.3) is 0 Å². The van der Waals surface area contributed by atoms with Crippen LogP contribution >= 0.6 is 0 Å². The van der Waals surface area contributed by atoms with E-state index in [-0.39, 0.29) is 0 Å². The monoisotopic (exact) mass is 191 g/mol. The maximum atomic E-state index is 5.67. The number of hydrogen-bond donors (Lipinski definition) is 1. The molecule has 1 aromatic carbocycles. The Hall–Kier alpha value is -0.820. The highest BCUT2D eigenvalue weighted by molar-refractivity contribution is 5.36. The van der Waals surface area contributed by atoms with Crippen molar-refractivity contribution >= 4 is 0 Å². The highest BCUT2D eigenvalue weighted by atomic mass is 14.5. The molecule has 0 heterocycles. The molecule has 0 bridgehead atoms. The van der Waals surface area contributed by atoms with Gasteiger partial charge in [0.05, 0.1) is 0 Å². The Morgan fingerprint density at radius 2 is 1.93 bits per heavy atom. The third-order valence-corrected chi connectivity index (χ3v) is 2.54. The topological polar surface area (TPSA) is 26.0 Å². The summed E-state index contributed by atoms with van der Waals surface area (Å²) in [7, 11) is 0. The van der Waals surface area contributed by atoms with E-state index in [1.165, 1.54) is 29.5 Å². The van der Waals surface area contributed by atoms with E-state index in [4.69, 9.17) is 5.73 Å². The third-order valence-electron chi connectivity index (χ3n) is 2.54. The Morgan fingerprint density at radius 3 is 2.43 bits per heavy atom. The van der Waals surface area contributed by atoms with Crippen molar-refractivity contribution < 1.29 is 0 Å². The molecular weight excluding hydrogens is 170 g/mol. The van der Waals surface area contributed by atoms with Crippen LogP contribution in [0, 0.1) is 6.92 Å². The fraction of sp³-hybridized carbons (Fsp3) is 0.538. The van der Waals surface area contributed by atoms with Crippen molar-refractivity contribution in [3.63, 3.8) is 0 Å². The molecule has 0 spiro atoms. The Kier molecular flexibility index (Phi) is 4.15. The van der Waals surface area contributed by atoms with Crippen LogP contribution in [0.15, 0.2) is 18.2 Å². The lowest BCUT2D eigenvalue weighted by Crippen LogP contribution is -2.00. The summed E-state index contributed by atoms with van der Waals surface area (Å²) in [4.78, 5) is 0. The van der Waals surface area contributed by atoms with Crippen LogP contribution < -0.4 is 5.73 Å². The summed E-state index contributed by atoms with van der Waals surface area (Å²) in [5, 5.41) is 0. The first-order chi connectivity index (χ1) is 6.81. The van der Waals surface area contributed by atoms with Crippen LogP contribution in [0.4, 0.5) is 0 Å². The lowest BCUT2D eigenvalue weighted by Gasteiger charge is -2.06. The van der Waals surface area contributed by atoms with Gasteiger partial charge in [-0.2, -0.15) is 0 Å². The number of nitrogens with two attached hydrogens (primary N) is 1. The largest absolute Gasteiger partial charge is 0.326 e. The summed E-state index contributed by atoms with van der Waals surface area (Å²) in [5.41, 5.74) is 9.86. The Labute approximate surface area is 87.3 Å². The van der Waals surface area contributed by atoms with E-state index in [1.807, 2.05) is 13.8 Å². The average Bonchev–Trinajstić information content (AvgIpc) is 3.04. The van der Waals surface area contributed by atoms with Gasteiger partial charge in [0, 0.05) is 6.54 Å². The van der Waals surface area contributed by atoms with E-state index in [1.54, 1.807) is 0 Å². The first-order valence-corrected chi connectivity index (χ1v) is 5.61. The zero-order valence-electron chi connectivity index (χ0n) is 9.51. The summed E-state index contributed by atoms with van der Waals surface area (Å²) in [6.07, 6.45) is 2.72. The van der Waals surface area contributed by atoms with E-state index in [2.05, 4.69) is 25.1 Å². The molecule has 1 aliphatic rings. The summed E-state index contributed by atoms with van der Waals surface area (Å²) in [6, 6.07) is 6.61. The molecule has 0 aliphatic heterocycles. The fourth-order valence-electron chi connectivity index (χ4n) is 1.67. The molecule has 0 radical (unpaired) electrons. The molecule has 0 atom stereocenters. The molecule has 1 aliphatic carbocycles. The maximum absolute atomic E-state index is 5.67. The van der Waals surface area contributed by atoms with Gasteiger partial charge in [0.2, 0.25) is 0 Å². The van der Waals surface area contributed by atoms with Crippen molar-refractivity contribution in [2.24, 2.45) is 5.73 Å². The summed E-state index contributed by atoms with van der Waals surface area (Å²) >= 11 is 0. The minimum atomic E-state index is 0.687. The highest BCUT2D eigenvalue weighted by Gasteiger charge is 2.25. The van der Waals surface area contributed by atoms with E-state index >= 15 is 0 Å². The number of hydrogen-bond acceptors (Lipinski definition) is 1. The second-order valence-electron chi connectivity index (χ2n) is 3.68. The lowest BCUT2D eigenvalue weighted by atomic mass is 10.0. The van der Waals surface area contributed by atoms with Crippen LogP contribution in [0.5, 0.6) is 0 Å². The van der Waals surface area contributed by atoms with Crippen molar-refractivity contribution in [1.29, 1.82) is 0 Å². The van der Waals surface area contributed by atoms with Crippen molar-refractivity contribution in [1.82, 2.24) is 0 Å². The van der Waals surface area contributed by atoms with Gasteiger partial charge in [-0.25, -0.2) is 0 Å². The van der Waals surface area contributed by atoms with Gasteiger partial charge in [-0.1, -0.05) is 37.6 Å². The van der Waals surface area contributed by atoms with Gasteiger partial charge >= 0.3 is 0 Å². The first kappa shape index (κ1) is 11.3. The van der Waals surface area contributed by atoms with E-state index in [0.29, 0.717) is 6.54 Å². The number of aryl methyl sites for hydroxylation is 1. The molecule has 78 valence electrons. The Bertz CT molecular complexity index is 287. The predicted octanol–water partition coefficient (Wildman–Crippen LogP) is 3.36. The standard InChI is InChI=1S/C11H15N.C2H6/c1-8-2-3-10(7-12)11(6-8)9-4-5-9;1-2/h2-3,6,9H,4-5,7,12H2,1H3;1-2H3. The lowest BCUT2D eigenvalue weighted by molar-refractivity contribution is 0.992. The molecule has 2 N–H and O–H groups in total. The SMILES string of the molecule is CC.Cc1ccc(CN)c(C2CC2)c1. The first-order valence-electron chi connectivity index (χ1n) is 5.61. The molecule has 1 heteroatoms. The van der Waals surface area contributed by atoms with Crippen LogP contribution in [-0.2, 0) is 6.54 Å². The molecule has 0 amide bonds. The van der Waals surface area contributed by atoms with Crippen molar-refractivity contribution in [2.75, 3.05) is 0 Å². The van der Waals surface area contributed by atoms with E-state index < -0.39 is 0 Å². The van der Waals surface area contributed by atoms with Crippen LogP contribution in [0.1, 0.15) is 49.3 Å². The zero-order chi connectivity index (χ0) is 10.6. The molecule has 0 saturated heterocycles. The third kappa shape index (κ3) is 2.58. The minimum absolute atomic E-state index is 0.687. The van der Waals surface area contributed by atoms with E-state index in [9.17, 15) is 0 Å². The van der Waals surface area contributed by atoms with E-state index in [0.717, 1.165) is 5.92 Å². The molecule has 0 aromatic heterocycles. The molecule has 1 nitrogen and oxygen atoms in total. The minimum Gasteiger partial charge on any atom is -0.326 e. The zero-order valence-corrected chi connectivity index (χ0v) is 9.51. The Balaban J connectivity index is 0.000000461. The fourth-order valence-corrected chi connectivity index (χ4v) is 1.67. The predicted molar refractivity (Wildman–Crippen MR) is 62.4 cm³/mol. The second kappa shape index (κ2) is 5.16. The van der Waals surface area contributed by atoms with Crippen molar-refractivity contribution in [3.05, 3.63) is 34.9 Å². The van der Waals surface area contributed by atoms with Crippen LogP contribution in [0.25, 0.3) is 0 Å². The summed E-state index contributed by atoms with van der Waals surface area (Å²) in [5.74, 6) is 0.823. The number of benzene rings is 1. The van der Waals surface area contributed by atoms with Gasteiger partial charge in [-0.3, -0.25) is 0 Å². The van der Waals surface area contributed by atoms with Gasteiger partial charge in [0.1, 0.15) is 0 Å². The molecule has 1 saturated carbocycles. The average molecular weight is 191 g/mol. The molecule has 14 heavy (non-hydrogen) atoms. The van der Waals surface area contributed by atoms with Gasteiger partial charge in [-0.15, -0.1) is 0 Å². The van der Waals surface area contributed by atoms with Crippen LogP contribution in [0.2, 0.25) is 0 Å². The summed E-state index contributed by atoms with van der Waals surface area (Å²) < 4.78 is 0.